The number of aliphatic hydroxyl groups excluding tert-OH is 2. The largest absolute Gasteiger partial charge is 0.473 e. The van der Waals surface area contributed by atoms with Crippen molar-refractivity contribution in [2.75, 3.05) is 19.8 Å². The number of Topliss-reactive ketones (excluding diaryl/α,β-unsaturated/α-hetero) is 2. The van der Waals surface area contributed by atoms with Crippen molar-refractivity contribution in [3.8, 4) is 0 Å². The number of phosphoric acid groups is 1. The van der Waals surface area contributed by atoms with Gasteiger partial charge in [0.1, 0.15) is 7.52 Å². The molecule has 0 radical (unpaired) electrons. The van der Waals surface area contributed by atoms with Crippen molar-refractivity contribution in [2.24, 2.45) is 5.73 Å². The molecule has 2 atom stereocenters. The SMILES string of the molecule is [2H]NCC(OP(=O)(O)OC[C@H](O)CO)(C(=O)CCCCCCCCCCCCCCC)C(=O)CCCCCCCCCCCCCCC. The number of rotatable bonds is 38. The average molecular weight is 693 g/mol. The first kappa shape index (κ1) is 44.4. The Balaban J connectivity index is 4.84. The van der Waals surface area contributed by atoms with Crippen molar-refractivity contribution >= 4 is 19.4 Å². The quantitative estimate of drug-likeness (QED) is 0.0281. The van der Waals surface area contributed by atoms with Crippen molar-refractivity contribution in [3.05, 3.63) is 0 Å². The van der Waals surface area contributed by atoms with Gasteiger partial charge in [-0.05, 0) is 12.8 Å². The predicted molar refractivity (Wildman–Crippen MR) is 192 cm³/mol. The van der Waals surface area contributed by atoms with E-state index in [1.807, 2.05) is 0 Å². The summed E-state index contributed by atoms with van der Waals surface area (Å²) < 4.78 is 30.6. The van der Waals surface area contributed by atoms with Gasteiger partial charge in [-0.15, -0.1) is 0 Å². The van der Waals surface area contributed by atoms with E-state index in [0.717, 1.165) is 51.4 Å². The van der Waals surface area contributed by atoms with E-state index in [1.165, 1.54) is 103 Å². The molecule has 0 aromatic heterocycles. The lowest BCUT2D eigenvalue weighted by Gasteiger charge is -2.31. The van der Waals surface area contributed by atoms with Crippen LogP contribution in [0.1, 0.15) is 194 Å². The molecule has 9 nitrogen and oxygen atoms in total. The summed E-state index contributed by atoms with van der Waals surface area (Å²) >= 11 is 0. The van der Waals surface area contributed by atoms with Crippen LogP contribution >= 0.6 is 7.82 Å². The van der Waals surface area contributed by atoms with Crippen LogP contribution in [0.25, 0.3) is 0 Å². The molecule has 0 bridgehead atoms. The van der Waals surface area contributed by atoms with Gasteiger partial charge in [0.05, 0.1) is 13.2 Å². The topological polar surface area (TPSA) is 156 Å². The molecule has 280 valence electrons. The van der Waals surface area contributed by atoms with E-state index in [4.69, 9.17) is 15.6 Å². The van der Waals surface area contributed by atoms with E-state index in [1.54, 1.807) is 0 Å². The molecule has 0 spiro atoms. The highest BCUT2D eigenvalue weighted by atomic mass is 31.2. The molecule has 0 aromatic carbocycles. The van der Waals surface area contributed by atoms with Crippen LogP contribution in [0, 0.1) is 0 Å². The Labute approximate surface area is 289 Å². The fraction of sp³-hybridized carbons (Fsp3) is 0.946. The lowest BCUT2D eigenvalue weighted by Crippen LogP contribution is -2.54. The molecule has 0 rings (SSSR count). The summed E-state index contributed by atoms with van der Waals surface area (Å²) in [7, 11) is -5.00. The number of nitrogens with two attached hydrogens (primary N) is 1. The summed E-state index contributed by atoms with van der Waals surface area (Å²) in [4.78, 5) is 37.5. The standard InChI is InChI=1S/C37H74NO8P/c1-3-5-7-9-11-13-15-17-19-21-23-25-27-29-35(41)37(33-38,46-47(43,44)45-32-34(40)31-39)36(42)30-28-26-24-22-20-18-16-14-12-10-8-6-4-2/h34,39-40H,3-33,38H2,1-2H3,(H,43,44)/t34-/m1/s1/i/hD. The average Bonchev–Trinajstić information content (AvgIpc) is 3.07. The Bertz CT molecular complexity index is 776. The molecule has 1 unspecified atom stereocenters. The lowest BCUT2D eigenvalue weighted by atomic mass is 9.87. The summed E-state index contributed by atoms with van der Waals surface area (Å²) in [6, 6.07) is 0. The minimum absolute atomic E-state index is 0.0248. The first-order valence-corrected chi connectivity index (χ1v) is 20.9. The third kappa shape index (κ3) is 25.0. The molecule has 10 heteroatoms. The Kier molecular flexibility index (Phi) is 29.6. The van der Waals surface area contributed by atoms with Gasteiger partial charge in [-0.2, -0.15) is 0 Å². The van der Waals surface area contributed by atoms with Crippen LogP contribution in [-0.4, -0.2) is 58.1 Å². The molecule has 0 saturated carbocycles. The van der Waals surface area contributed by atoms with E-state index in [0.29, 0.717) is 12.8 Å². The van der Waals surface area contributed by atoms with Crippen molar-refractivity contribution in [1.29, 1.82) is 0 Å². The molecule has 0 aliphatic heterocycles. The number of hydrogen-bond donors (Lipinski definition) is 4. The maximum absolute atomic E-state index is 13.6. The van der Waals surface area contributed by atoms with Gasteiger partial charge in [0.15, 0.2) is 11.6 Å². The van der Waals surface area contributed by atoms with Gasteiger partial charge in [-0.1, -0.05) is 168 Å². The third-order valence-electron chi connectivity index (χ3n) is 9.08. The minimum atomic E-state index is -5.00. The number of ketones is 2. The zero-order valence-corrected chi connectivity index (χ0v) is 31.2. The highest BCUT2D eigenvalue weighted by molar-refractivity contribution is 7.47. The van der Waals surface area contributed by atoms with Crippen LogP contribution in [-0.2, 0) is 23.2 Å². The number of phosphoric ester groups is 1. The van der Waals surface area contributed by atoms with E-state index in [9.17, 15) is 24.2 Å². The monoisotopic (exact) mass is 693 g/mol. The van der Waals surface area contributed by atoms with Gasteiger partial charge in [-0.3, -0.25) is 18.6 Å². The first-order chi connectivity index (χ1) is 23.2. The van der Waals surface area contributed by atoms with Crippen molar-refractivity contribution in [2.45, 2.75) is 205 Å². The van der Waals surface area contributed by atoms with E-state index >= 15 is 0 Å². The zero-order valence-electron chi connectivity index (χ0n) is 31.3. The normalized spacial score (nSPS) is 14.2. The molecule has 0 aliphatic carbocycles. The number of carbonyl (C=O) groups is 2. The number of unbranched alkanes of at least 4 members (excludes halogenated alkanes) is 24. The fourth-order valence-electron chi connectivity index (χ4n) is 5.95. The molecule has 5 N–H and O–H groups in total. The summed E-state index contributed by atoms with van der Waals surface area (Å²) in [6.45, 7) is 2.46. The van der Waals surface area contributed by atoms with Crippen LogP contribution in [0.3, 0.4) is 0 Å². The van der Waals surface area contributed by atoms with Crippen molar-refractivity contribution in [1.82, 2.24) is 0 Å². The Morgan fingerprint density at radius 2 is 0.979 bits per heavy atom. The zero-order chi connectivity index (χ0) is 35.8. The number of aliphatic hydroxyl groups is 2. The molecule has 0 aliphatic rings. The maximum Gasteiger partial charge on any atom is 0.473 e. The van der Waals surface area contributed by atoms with E-state index in [-0.39, 0.29) is 12.8 Å². The lowest BCUT2D eigenvalue weighted by molar-refractivity contribution is -0.149. The summed E-state index contributed by atoms with van der Waals surface area (Å²) in [5.74, 6) is -1.30. The molecule has 0 amide bonds. The van der Waals surface area contributed by atoms with Gasteiger partial charge in [0.2, 0.25) is 5.60 Å². The predicted octanol–water partition coefficient (Wildman–Crippen LogP) is 9.27. The molecule has 0 aromatic rings. The molecule has 0 heterocycles. The Morgan fingerprint density at radius 3 is 1.28 bits per heavy atom. The highest BCUT2D eigenvalue weighted by Gasteiger charge is 2.49. The number of carbonyl (C=O) groups excluding carboxylic acids is 2. The van der Waals surface area contributed by atoms with Crippen LogP contribution in [0.15, 0.2) is 0 Å². The van der Waals surface area contributed by atoms with Crippen LogP contribution < -0.4 is 5.73 Å². The summed E-state index contributed by atoms with van der Waals surface area (Å²) in [5.41, 5.74) is -0.269. The van der Waals surface area contributed by atoms with Crippen LogP contribution in [0.5, 0.6) is 0 Å². The summed E-state index contributed by atoms with van der Waals surface area (Å²) in [5, 5.41) is 18.6. The Morgan fingerprint density at radius 1 is 0.660 bits per heavy atom. The molecular weight excluding hydrogens is 617 g/mol. The van der Waals surface area contributed by atoms with Gasteiger partial charge in [0.25, 0.3) is 0 Å². The second-order valence-electron chi connectivity index (χ2n) is 13.5. The fourth-order valence-corrected chi connectivity index (χ4v) is 7.03. The van der Waals surface area contributed by atoms with Gasteiger partial charge in [-0.25, -0.2) is 4.57 Å². The third-order valence-corrected chi connectivity index (χ3v) is 10.1. The smallest absolute Gasteiger partial charge is 0.394 e. The van der Waals surface area contributed by atoms with Crippen LogP contribution in [0.2, 0.25) is 1.41 Å². The van der Waals surface area contributed by atoms with Gasteiger partial charge >= 0.3 is 7.82 Å². The molecular formula is C37H74NO8P. The van der Waals surface area contributed by atoms with Crippen molar-refractivity contribution in [3.63, 3.8) is 0 Å². The molecule has 47 heavy (non-hydrogen) atoms. The summed E-state index contributed by atoms with van der Waals surface area (Å²) in [6.07, 6.45) is 28.1. The number of hydrogen-bond acceptors (Lipinski definition) is 8. The van der Waals surface area contributed by atoms with E-state index < -0.39 is 50.9 Å². The van der Waals surface area contributed by atoms with E-state index in [2.05, 4.69) is 19.6 Å². The maximum atomic E-state index is 13.6. The molecule has 0 saturated heterocycles. The second-order valence-corrected chi connectivity index (χ2v) is 14.9. The van der Waals surface area contributed by atoms with Crippen LogP contribution in [0.4, 0.5) is 0 Å². The van der Waals surface area contributed by atoms with Gasteiger partial charge in [0, 0.05) is 19.4 Å². The highest BCUT2D eigenvalue weighted by Crippen LogP contribution is 2.48. The second kappa shape index (κ2) is 31.3. The Hall–Kier alpha value is -0.670. The minimum Gasteiger partial charge on any atom is -0.394 e. The van der Waals surface area contributed by atoms with Gasteiger partial charge < -0.3 is 20.8 Å². The van der Waals surface area contributed by atoms with Crippen molar-refractivity contribution < 1.29 is 39.7 Å². The first-order valence-electron chi connectivity index (χ1n) is 19.9. The molecule has 0 fully saturated rings.